The number of halogens is 1. The minimum Gasteiger partial charge on any atom is -0.443 e. The van der Waals surface area contributed by atoms with Gasteiger partial charge in [0.2, 0.25) is 0 Å². The lowest BCUT2D eigenvalue weighted by Crippen LogP contribution is -2.45. The molecule has 0 radical (unpaired) electrons. The number of carbonyl (C=O) groups excluding carboxylic acids is 3. The van der Waals surface area contributed by atoms with Crippen LogP contribution in [0.5, 0.6) is 0 Å². The van der Waals surface area contributed by atoms with Gasteiger partial charge in [-0.25, -0.2) is 15.2 Å². The van der Waals surface area contributed by atoms with Gasteiger partial charge >= 0.3 is 6.09 Å². The van der Waals surface area contributed by atoms with Crippen molar-refractivity contribution in [3.05, 3.63) is 63.9 Å². The highest BCUT2D eigenvalue weighted by molar-refractivity contribution is 6.30. The van der Waals surface area contributed by atoms with Gasteiger partial charge in [-0.15, -0.1) is 0 Å². The van der Waals surface area contributed by atoms with Crippen molar-refractivity contribution in [1.29, 1.82) is 0 Å². The number of rotatable bonds is 3. The van der Waals surface area contributed by atoms with Crippen molar-refractivity contribution in [2.45, 2.75) is 33.3 Å². The van der Waals surface area contributed by atoms with Crippen molar-refractivity contribution in [3.8, 4) is 0 Å². The molecular formula is C19H20ClN3O4. The van der Waals surface area contributed by atoms with Gasteiger partial charge < -0.3 is 4.74 Å². The fourth-order valence-electron chi connectivity index (χ4n) is 2.14. The molecule has 2 aromatic rings. The van der Waals surface area contributed by atoms with Gasteiger partial charge in [0.15, 0.2) is 5.78 Å². The average molecular weight is 390 g/mol. The van der Waals surface area contributed by atoms with E-state index in [9.17, 15) is 14.4 Å². The number of aryl methyl sites for hydroxylation is 1. The van der Waals surface area contributed by atoms with Gasteiger partial charge in [-0.2, -0.15) is 0 Å². The molecule has 2 rings (SSSR count). The van der Waals surface area contributed by atoms with E-state index in [-0.39, 0.29) is 17.0 Å². The first-order valence-electron chi connectivity index (χ1n) is 8.14. The molecule has 0 unspecified atom stereocenters. The number of hydrazine groups is 1. The standard InChI is InChI=1S/C19H20ClN3O4/c1-11-5-10-14(16(24)12-6-8-13(20)9-7-12)15(21-11)17(25)22-23-18(26)27-19(2,3)4/h5-10H,1-4H3,(H,22,25)(H,23,26). The number of benzene rings is 1. The third-order valence-corrected chi connectivity index (χ3v) is 3.53. The van der Waals surface area contributed by atoms with Crippen LogP contribution in [-0.2, 0) is 4.74 Å². The van der Waals surface area contributed by atoms with Crippen molar-refractivity contribution >= 4 is 29.4 Å². The Morgan fingerprint density at radius 2 is 1.63 bits per heavy atom. The van der Waals surface area contributed by atoms with Gasteiger partial charge in [-0.3, -0.25) is 15.0 Å². The highest BCUT2D eigenvalue weighted by Gasteiger charge is 2.22. The number of hydrogen-bond acceptors (Lipinski definition) is 5. The van der Waals surface area contributed by atoms with E-state index in [4.69, 9.17) is 16.3 Å². The van der Waals surface area contributed by atoms with E-state index in [0.29, 0.717) is 16.3 Å². The Kier molecular flexibility index (Phi) is 6.17. The van der Waals surface area contributed by atoms with Gasteiger partial charge in [0.25, 0.3) is 5.91 Å². The summed E-state index contributed by atoms with van der Waals surface area (Å²) in [4.78, 5) is 41.0. The summed E-state index contributed by atoms with van der Waals surface area (Å²) in [6.07, 6.45) is -0.825. The van der Waals surface area contributed by atoms with E-state index in [0.717, 1.165) is 0 Å². The Morgan fingerprint density at radius 1 is 1.00 bits per heavy atom. The number of ether oxygens (including phenoxy) is 1. The van der Waals surface area contributed by atoms with E-state index >= 15 is 0 Å². The normalized spacial score (nSPS) is 10.9. The molecule has 2 N–H and O–H groups in total. The first-order valence-corrected chi connectivity index (χ1v) is 8.52. The molecule has 142 valence electrons. The lowest BCUT2D eigenvalue weighted by molar-refractivity contribution is 0.0483. The first kappa shape index (κ1) is 20.4. The molecule has 0 spiro atoms. The third-order valence-electron chi connectivity index (χ3n) is 3.28. The molecule has 2 amide bonds. The SMILES string of the molecule is Cc1ccc(C(=O)c2ccc(Cl)cc2)c(C(=O)NNC(=O)OC(C)(C)C)n1. The number of nitrogens with zero attached hydrogens (tertiary/aromatic N) is 1. The Morgan fingerprint density at radius 3 is 2.22 bits per heavy atom. The lowest BCUT2D eigenvalue weighted by Gasteiger charge is -2.19. The molecular weight excluding hydrogens is 370 g/mol. The number of hydrogen-bond donors (Lipinski definition) is 2. The van der Waals surface area contributed by atoms with E-state index in [2.05, 4.69) is 15.8 Å². The second-order valence-corrected chi connectivity index (χ2v) is 7.20. The van der Waals surface area contributed by atoms with Crippen LogP contribution < -0.4 is 10.9 Å². The number of amides is 2. The predicted octanol–water partition coefficient (Wildman–Crippen LogP) is 3.44. The number of aromatic nitrogens is 1. The number of pyridine rings is 1. The summed E-state index contributed by atoms with van der Waals surface area (Å²) < 4.78 is 5.04. The van der Waals surface area contributed by atoms with Crippen molar-refractivity contribution < 1.29 is 19.1 Å². The van der Waals surface area contributed by atoms with Crippen LogP contribution in [0, 0.1) is 6.92 Å². The minimum absolute atomic E-state index is 0.103. The topological polar surface area (TPSA) is 97.4 Å². The van der Waals surface area contributed by atoms with Crippen LogP contribution in [0.15, 0.2) is 36.4 Å². The van der Waals surface area contributed by atoms with Crippen molar-refractivity contribution in [3.63, 3.8) is 0 Å². The third kappa shape index (κ3) is 5.79. The van der Waals surface area contributed by atoms with Crippen LogP contribution in [0.4, 0.5) is 4.79 Å². The summed E-state index contributed by atoms with van der Waals surface area (Å²) in [5, 5.41) is 0.494. The molecule has 0 saturated carbocycles. The Balaban J connectivity index is 2.22. The fourth-order valence-corrected chi connectivity index (χ4v) is 2.27. The summed E-state index contributed by atoms with van der Waals surface area (Å²) in [5.74, 6) is -1.12. The molecule has 1 aromatic heterocycles. The van der Waals surface area contributed by atoms with Crippen molar-refractivity contribution in [1.82, 2.24) is 15.8 Å². The highest BCUT2D eigenvalue weighted by atomic mass is 35.5. The van der Waals surface area contributed by atoms with Crippen molar-refractivity contribution in [2.24, 2.45) is 0 Å². The molecule has 0 fully saturated rings. The summed E-state index contributed by atoms with van der Waals surface area (Å²) in [6, 6.07) is 9.43. The summed E-state index contributed by atoms with van der Waals surface area (Å²) >= 11 is 5.84. The van der Waals surface area contributed by atoms with Crippen LogP contribution in [0.2, 0.25) is 5.02 Å². The molecule has 0 aliphatic carbocycles. The second-order valence-electron chi connectivity index (χ2n) is 6.77. The van der Waals surface area contributed by atoms with E-state index in [1.54, 1.807) is 58.0 Å². The molecule has 8 heteroatoms. The van der Waals surface area contributed by atoms with Gasteiger partial charge in [0.1, 0.15) is 11.3 Å². The summed E-state index contributed by atoms with van der Waals surface area (Å²) in [5.41, 5.74) is 4.53. The smallest absolute Gasteiger partial charge is 0.426 e. The zero-order valence-electron chi connectivity index (χ0n) is 15.4. The number of ketones is 1. The van der Waals surface area contributed by atoms with Gasteiger partial charge in [-0.1, -0.05) is 11.6 Å². The van der Waals surface area contributed by atoms with Gasteiger partial charge in [-0.05, 0) is 64.1 Å². The molecule has 0 saturated heterocycles. The molecule has 27 heavy (non-hydrogen) atoms. The number of carbonyl (C=O) groups is 3. The highest BCUT2D eigenvalue weighted by Crippen LogP contribution is 2.16. The second kappa shape index (κ2) is 8.18. The maximum Gasteiger partial charge on any atom is 0.426 e. The first-order chi connectivity index (χ1) is 12.6. The quantitative estimate of drug-likeness (QED) is 0.619. The number of nitrogens with one attached hydrogen (secondary N) is 2. The van der Waals surface area contributed by atoms with E-state index in [1.165, 1.54) is 6.07 Å². The maximum absolute atomic E-state index is 12.7. The zero-order valence-corrected chi connectivity index (χ0v) is 16.2. The van der Waals surface area contributed by atoms with Crippen LogP contribution in [0.3, 0.4) is 0 Å². The lowest BCUT2D eigenvalue weighted by atomic mass is 10.0. The minimum atomic E-state index is -0.825. The van der Waals surface area contributed by atoms with Crippen LogP contribution in [0.1, 0.15) is 52.9 Å². The van der Waals surface area contributed by atoms with Gasteiger partial charge in [0.05, 0.1) is 5.56 Å². The molecule has 1 heterocycles. The Hall–Kier alpha value is -2.93. The molecule has 7 nitrogen and oxygen atoms in total. The maximum atomic E-state index is 12.7. The Bertz CT molecular complexity index is 874. The van der Waals surface area contributed by atoms with Crippen molar-refractivity contribution in [2.75, 3.05) is 0 Å². The zero-order chi connectivity index (χ0) is 20.2. The predicted molar refractivity (Wildman–Crippen MR) is 101 cm³/mol. The molecule has 1 aromatic carbocycles. The van der Waals surface area contributed by atoms with Crippen LogP contribution in [0.25, 0.3) is 0 Å². The Labute approximate surface area is 162 Å². The van der Waals surface area contributed by atoms with E-state index < -0.39 is 17.6 Å². The van der Waals surface area contributed by atoms with E-state index in [1.807, 2.05) is 0 Å². The fraction of sp³-hybridized carbons (Fsp3) is 0.263. The molecule has 0 aliphatic heterocycles. The van der Waals surface area contributed by atoms with Crippen LogP contribution >= 0.6 is 11.6 Å². The largest absolute Gasteiger partial charge is 0.443 e. The molecule has 0 bridgehead atoms. The monoisotopic (exact) mass is 389 g/mol. The molecule has 0 atom stereocenters. The summed E-state index contributed by atoms with van der Waals surface area (Å²) in [7, 11) is 0. The molecule has 0 aliphatic rings. The average Bonchev–Trinajstić information content (AvgIpc) is 2.58. The van der Waals surface area contributed by atoms with Gasteiger partial charge in [0, 0.05) is 16.3 Å². The summed E-state index contributed by atoms with van der Waals surface area (Å²) in [6.45, 7) is 6.77. The van der Waals surface area contributed by atoms with Crippen LogP contribution in [-0.4, -0.2) is 28.4 Å².